The third-order valence-electron chi connectivity index (χ3n) is 5.18. The lowest BCUT2D eigenvalue weighted by Gasteiger charge is -2.30. The molecule has 0 saturated carbocycles. The molecule has 1 aliphatic carbocycles. The number of fused-ring (bicyclic) bond motifs is 2. The Kier molecular flexibility index (Phi) is 5.59. The minimum atomic E-state index is -0.184. The summed E-state index contributed by atoms with van der Waals surface area (Å²) >= 11 is 0. The molecule has 5 nitrogen and oxygen atoms in total. The highest BCUT2D eigenvalue weighted by Gasteiger charge is 2.25. The maximum Gasteiger partial charge on any atom is 0.243 e. The molecule has 0 saturated heterocycles. The van der Waals surface area contributed by atoms with Gasteiger partial charge in [0.1, 0.15) is 5.75 Å². The monoisotopic (exact) mass is 419 g/mol. The fourth-order valence-electron chi connectivity index (χ4n) is 3.82. The van der Waals surface area contributed by atoms with E-state index in [9.17, 15) is 4.79 Å². The molecule has 0 unspecified atom stereocenters. The molecule has 0 bridgehead atoms. The molecule has 1 amide bonds. The number of methoxy groups -OCH3 is 1. The molecular weight excluding hydrogens is 394 g/mol. The number of carbonyl (C=O) groups excluding carboxylic acids is 1. The van der Waals surface area contributed by atoms with Gasteiger partial charge in [-0.25, -0.2) is 4.99 Å². The molecule has 0 N–H and O–H groups in total. The molecule has 6 heteroatoms. The molecule has 2 heterocycles. The number of nitrogens with zero attached hydrogens (tertiary/aromatic N) is 3. The maximum absolute atomic E-state index is 11.4. The molecule has 3 aliphatic rings. The predicted molar refractivity (Wildman–Crippen MR) is 128 cm³/mol. The normalized spacial score (nSPS) is 19.8. The second-order valence-corrected chi connectivity index (χ2v) is 8.10. The molecule has 0 aromatic heterocycles. The Morgan fingerprint density at radius 2 is 1.93 bits per heavy atom. The van der Waals surface area contributed by atoms with Crippen LogP contribution in [0, 0.1) is 0 Å². The van der Waals surface area contributed by atoms with Gasteiger partial charge in [-0.05, 0) is 62.4 Å². The van der Waals surface area contributed by atoms with Gasteiger partial charge in [-0.1, -0.05) is 6.08 Å². The highest BCUT2D eigenvalue weighted by Crippen LogP contribution is 2.34. The van der Waals surface area contributed by atoms with E-state index in [2.05, 4.69) is 59.0 Å². The van der Waals surface area contributed by atoms with E-state index in [1.807, 2.05) is 24.3 Å². The van der Waals surface area contributed by atoms with Crippen molar-refractivity contribution in [3.63, 3.8) is 0 Å². The van der Waals surface area contributed by atoms with E-state index in [0.29, 0.717) is 5.71 Å². The van der Waals surface area contributed by atoms with Crippen LogP contribution < -0.4 is 9.64 Å². The zero-order valence-electron chi connectivity index (χ0n) is 17.7. The first kappa shape index (κ1) is 20.2. The predicted octanol–water partition coefficient (Wildman–Crippen LogP) is 4.24. The summed E-state index contributed by atoms with van der Waals surface area (Å²) in [5, 5.41) is 0. The zero-order valence-corrected chi connectivity index (χ0v) is 18.5. The van der Waals surface area contributed by atoms with Crippen LogP contribution in [0.25, 0.3) is 6.08 Å². The molecule has 1 aromatic rings. The van der Waals surface area contributed by atoms with Crippen molar-refractivity contribution < 1.29 is 9.53 Å². The Morgan fingerprint density at radius 3 is 2.63 bits per heavy atom. The van der Waals surface area contributed by atoms with Crippen molar-refractivity contribution >= 4 is 44.2 Å². The smallest absolute Gasteiger partial charge is 0.243 e. The maximum atomic E-state index is 11.4. The number of anilines is 1. The number of likely N-dealkylation sites (N-methyl/N-ethyl adjacent to an activating group) is 2. The van der Waals surface area contributed by atoms with Gasteiger partial charge in [-0.15, -0.1) is 10.9 Å². The summed E-state index contributed by atoms with van der Waals surface area (Å²) < 4.78 is 5.37. The summed E-state index contributed by atoms with van der Waals surface area (Å²) in [7, 11) is 3.44. The van der Waals surface area contributed by atoms with Crippen LogP contribution in [0.2, 0.25) is 0 Å². The van der Waals surface area contributed by atoms with Crippen molar-refractivity contribution in [3.05, 3.63) is 65.5 Å². The number of allylic oxidation sites excluding steroid dienone is 4. The van der Waals surface area contributed by atoms with Crippen molar-refractivity contribution in [2.45, 2.75) is 20.8 Å². The molecule has 0 fully saturated rings. The van der Waals surface area contributed by atoms with Gasteiger partial charge in [0.25, 0.3) is 0 Å². The van der Waals surface area contributed by atoms with Crippen molar-refractivity contribution in [2.24, 2.45) is 4.99 Å². The molecule has 154 valence electrons. The number of amides is 1. The van der Waals surface area contributed by atoms with Crippen LogP contribution in [0.15, 0.2) is 65.0 Å². The Morgan fingerprint density at radius 1 is 1.13 bits per heavy atom. The van der Waals surface area contributed by atoms with E-state index in [1.165, 1.54) is 22.5 Å². The summed E-state index contributed by atoms with van der Waals surface area (Å²) in [6.45, 7) is 7.48. The highest BCUT2D eigenvalue weighted by molar-refractivity contribution is 7.99. The van der Waals surface area contributed by atoms with Crippen LogP contribution >= 0.6 is 10.9 Å². The second kappa shape index (κ2) is 8.32. The molecule has 0 atom stereocenters. The third kappa shape index (κ3) is 3.71. The fourth-order valence-corrected chi connectivity index (χ4v) is 4.98. The average molecular weight is 420 g/mol. The fraction of sp³-hybridized carbons (Fsp3) is 0.250. The summed E-state index contributed by atoms with van der Waals surface area (Å²) in [5.41, 5.74) is 5.29. The molecule has 0 radical (unpaired) electrons. The molecule has 0 spiro atoms. The van der Waals surface area contributed by atoms with Crippen molar-refractivity contribution in [2.75, 3.05) is 25.1 Å². The number of aliphatic imine (C=N–C) groups is 1. The van der Waals surface area contributed by atoms with E-state index in [0.717, 1.165) is 35.8 Å². The van der Waals surface area contributed by atoms with Gasteiger partial charge in [-0.3, -0.25) is 4.79 Å². The Balaban J connectivity index is 1.71. The van der Waals surface area contributed by atoms with Gasteiger partial charge in [0.15, 0.2) is 0 Å². The summed E-state index contributed by atoms with van der Waals surface area (Å²) in [6, 6.07) is 6.18. The summed E-state index contributed by atoms with van der Waals surface area (Å²) in [4.78, 5) is 22.4. The lowest BCUT2D eigenvalue weighted by molar-refractivity contribution is -0.115. The first-order valence-corrected chi connectivity index (χ1v) is 10.9. The Bertz CT molecular complexity index is 1130. The lowest BCUT2D eigenvalue weighted by Crippen LogP contribution is -2.30. The second-order valence-electron chi connectivity index (χ2n) is 7.04. The van der Waals surface area contributed by atoms with Gasteiger partial charge >= 0.3 is 0 Å². The number of hydrogen-bond acceptors (Lipinski definition) is 4. The van der Waals surface area contributed by atoms with Crippen LogP contribution in [0.4, 0.5) is 5.69 Å². The minimum Gasteiger partial charge on any atom is -0.497 e. The van der Waals surface area contributed by atoms with Crippen molar-refractivity contribution in [3.8, 4) is 5.75 Å². The van der Waals surface area contributed by atoms with Gasteiger partial charge in [-0.2, -0.15) is 0 Å². The first-order chi connectivity index (χ1) is 14.5. The zero-order chi connectivity index (χ0) is 21.3. The molecular formula is C24H25N3O2S. The van der Waals surface area contributed by atoms with E-state index in [4.69, 9.17) is 4.74 Å². The van der Waals surface area contributed by atoms with Crippen LogP contribution in [0.1, 0.15) is 26.3 Å². The number of benzene rings is 1. The molecule has 30 heavy (non-hydrogen) atoms. The van der Waals surface area contributed by atoms with E-state index in [1.54, 1.807) is 18.0 Å². The van der Waals surface area contributed by atoms with Gasteiger partial charge in [0.05, 0.1) is 28.4 Å². The molecule has 4 rings (SSSR count). The topological polar surface area (TPSA) is 45.1 Å². The Hall–Kier alpha value is -3.12. The summed E-state index contributed by atoms with van der Waals surface area (Å²) in [6.07, 6.45) is 12.5. The van der Waals surface area contributed by atoms with Crippen LogP contribution in [-0.2, 0) is 4.79 Å². The quantitative estimate of drug-likeness (QED) is 0.541. The number of carbonyl (C=O) groups is 1. The van der Waals surface area contributed by atoms with Crippen molar-refractivity contribution in [1.29, 1.82) is 0 Å². The SMILES string of the molecule is CCN1C2=CC(=NC(C)=O)C=CC2=S=C1/C=C1/C=Cc2cc(OC)ccc2N1CC. The van der Waals surface area contributed by atoms with Crippen molar-refractivity contribution in [1.82, 2.24) is 4.90 Å². The first-order valence-electron chi connectivity index (χ1n) is 10.1. The largest absolute Gasteiger partial charge is 0.497 e. The van der Waals surface area contributed by atoms with Crippen LogP contribution in [0.3, 0.4) is 0 Å². The van der Waals surface area contributed by atoms with Crippen LogP contribution in [0.5, 0.6) is 5.75 Å². The average Bonchev–Trinajstić information content (AvgIpc) is 3.09. The lowest BCUT2D eigenvalue weighted by atomic mass is 10.0. The molecule has 2 aliphatic heterocycles. The molecule has 1 aromatic carbocycles. The number of hydrogen-bond donors (Lipinski definition) is 0. The standard InChI is InChI=1S/C24H25N3O2S/c1-5-26-19(9-7-17-13-20(29-4)10-11-21(17)26)15-24-27(6-2)22-14-18(25-16(3)28)8-12-23(22)30-24/h7-15H,5-6H2,1-4H3/b19-15-,25-18?. The Labute approximate surface area is 180 Å². The van der Waals surface area contributed by atoms with Gasteiger partial charge in [0, 0.05) is 37.0 Å². The van der Waals surface area contributed by atoms with E-state index < -0.39 is 0 Å². The van der Waals surface area contributed by atoms with Gasteiger partial charge < -0.3 is 14.5 Å². The van der Waals surface area contributed by atoms with Gasteiger partial charge in [0.2, 0.25) is 5.91 Å². The number of ether oxygens (including phenoxy) is 1. The number of rotatable bonds is 4. The van der Waals surface area contributed by atoms with E-state index in [-0.39, 0.29) is 5.91 Å². The van der Waals surface area contributed by atoms with E-state index >= 15 is 0 Å². The highest BCUT2D eigenvalue weighted by atomic mass is 32.1. The summed E-state index contributed by atoms with van der Waals surface area (Å²) in [5.74, 6) is 0.679. The van der Waals surface area contributed by atoms with Crippen LogP contribution in [-0.4, -0.2) is 46.6 Å². The third-order valence-corrected chi connectivity index (χ3v) is 6.29. The minimum absolute atomic E-state index is 0.184.